The molecule has 0 aromatic carbocycles. The van der Waals surface area contributed by atoms with Crippen LogP contribution in [0.5, 0.6) is 0 Å². The average molecular weight is 443 g/mol. The Morgan fingerprint density at radius 3 is 2.30 bits per heavy atom. The van der Waals surface area contributed by atoms with Crippen molar-refractivity contribution in [3.05, 3.63) is 12.2 Å². The lowest BCUT2D eigenvalue weighted by molar-refractivity contribution is -0.113. The molecule has 6 nitrogen and oxygen atoms in total. The smallest absolute Gasteiger partial charge is 0.429 e. The molecule has 1 heterocycles. The van der Waals surface area contributed by atoms with Gasteiger partial charge in [-0.15, -0.1) is 0 Å². The predicted molar refractivity (Wildman–Crippen MR) is 121 cm³/mol. The van der Waals surface area contributed by atoms with E-state index in [-0.39, 0.29) is 29.8 Å². The highest BCUT2D eigenvalue weighted by Gasteiger charge is 2.46. The summed E-state index contributed by atoms with van der Waals surface area (Å²) in [6.45, 7) is 18.4. The highest BCUT2D eigenvalue weighted by atomic mass is 28.4. The zero-order valence-electron chi connectivity index (χ0n) is 20.3. The number of carbonyl (C=O) groups is 2. The maximum absolute atomic E-state index is 12.3. The quantitative estimate of drug-likeness (QED) is 0.194. The van der Waals surface area contributed by atoms with Crippen molar-refractivity contribution in [1.82, 2.24) is 0 Å². The van der Waals surface area contributed by atoms with Crippen molar-refractivity contribution in [1.29, 1.82) is 0 Å². The third-order valence-corrected chi connectivity index (χ3v) is 10.1. The summed E-state index contributed by atoms with van der Waals surface area (Å²) in [5, 5.41) is 0.0487. The first kappa shape index (κ1) is 26.9. The number of aldehydes is 1. The minimum Gasteiger partial charge on any atom is -0.429 e. The van der Waals surface area contributed by atoms with Gasteiger partial charge in [-0.05, 0) is 45.3 Å². The number of rotatable bonds is 9. The monoisotopic (exact) mass is 442 g/mol. The second-order valence-corrected chi connectivity index (χ2v) is 15.3. The van der Waals surface area contributed by atoms with Crippen molar-refractivity contribution in [3.8, 4) is 0 Å². The van der Waals surface area contributed by atoms with E-state index in [1.54, 1.807) is 20.8 Å². The van der Waals surface area contributed by atoms with Crippen LogP contribution in [0, 0.1) is 0 Å². The van der Waals surface area contributed by atoms with Crippen LogP contribution in [0.25, 0.3) is 0 Å². The average Bonchev–Trinajstić information content (AvgIpc) is 2.93. The molecule has 0 N–H and O–H groups in total. The van der Waals surface area contributed by atoms with Gasteiger partial charge in [-0.1, -0.05) is 39.8 Å². The van der Waals surface area contributed by atoms with E-state index in [0.717, 1.165) is 12.7 Å². The molecule has 0 bridgehead atoms. The number of carbonyl (C=O) groups excluding carboxylic acids is 2. The zero-order chi connectivity index (χ0) is 23.2. The number of ether oxygens (including phenoxy) is 3. The van der Waals surface area contributed by atoms with Crippen LogP contribution >= 0.6 is 0 Å². The highest BCUT2D eigenvalue weighted by Crippen LogP contribution is 2.40. The minimum atomic E-state index is -2.04. The van der Waals surface area contributed by atoms with E-state index in [2.05, 4.69) is 40.8 Å². The van der Waals surface area contributed by atoms with E-state index in [4.69, 9.17) is 18.6 Å². The normalized spacial score (nSPS) is 24.1. The van der Waals surface area contributed by atoms with E-state index in [1.165, 1.54) is 0 Å². The lowest BCUT2D eigenvalue weighted by atomic mass is 10.0. The van der Waals surface area contributed by atoms with Gasteiger partial charge in [-0.25, -0.2) is 4.79 Å². The predicted octanol–water partition coefficient (Wildman–Crippen LogP) is 5.80. The minimum absolute atomic E-state index is 0.0487. The Hall–Kier alpha value is -1.18. The lowest BCUT2D eigenvalue weighted by Crippen LogP contribution is -2.46. The first-order valence-electron chi connectivity index (χ1n) is 11.0. The summed E-state index contributed by atoms with van der Waals surface area (Å²) in [5.41, 5.74) is -0.633. The summed E-state index contributed by atoms with van der Waals surface area (Å²) in [6, 6.07) is 0. The van der Waals surface area contributed by atoms with Gasteiger partial charge < -0.3 is 23.4 Å². The standard InChI is InChI=1S/C23H42O6Si/c1-10-11-12-13-17(27-21(25)28-22(2,3)4)19-16-20(18(26-19)14-15-24)29-30(8,9)23(5,6)7/h11-12,15,17-20H,10,13-14,16H2,1-9H3/b12-11+/t17-,18+,19-,20+/m1/s1. The molecule has 0 radical (unpaired) electrons. The molecule has 0 aromatic heterocycles. The summed E-state index contributed by atoms with van der Waals surface area (Å²) in [6.07, 6.45) is 5.09. The second-order valence-electron chi connectivity index (χ2n) is 10.5. The van der Waals surface area contributed by atoms with Gasteiger partial charge in [0.2, 0.25) is 0 Å². The molecule has 30 heavy (non-hydrogen) atoms. The maximum atomic E-state index is 12.3. The Labute approximate surface area is 183 Å². The van der Waals surface area contributed by atoms with Crippen LogP contribution in [0.1, 0.15) is 74.1 Å². The van der Waals surface area contributed by atoms with Gasteiger partial charge in [-0.3, -0.25) is 0 Å². The largest absolute Gasteiger partial charge is 0.509 e. The van der Waals surface area contributed by atoms with Crippen LogP contribution in [0.4, 0.5) is 4.79 Å². The van der Waals surface area contributed by atoms with E-state index >= 15 is 0 Å². The van der Waals surface area contributed by atoms with Gasteiger partial charge in [-0.2, -0.15) is 0 Å². The van der Waals surface area contributed by atoms with Crippen LogP contribution in [0.2, 0.25) is 18.1 Å². The molecular formula is C23H42O6Si. The van der Waals surface area contributed by atoms with E-state index in [0.29, 0.717) is 12.8 Å². The summed E-state index contributed by atoms with van der Waals surface area (Å²) in [5.74, 6) is 0. The molecular weight excluding hydrogens is 400 g/mol. The summed E-state index contributed by atoms with van der Waals surface area (Å²) >= 11 is 0. The fourth-order valence-electron chi connectivity index (χ4n) is 3.04. The molecule has 0 amide bonds. The topological polar surface area (TPSA) is 71.1 Å². The number of hydrogen-bond donors (Lipinski definition) is 0. The first-order valence-corrected chi connectivity index (χ1v) is 13.9. The Balaban J connectivity index is 2.99. The third-order valence-electron chi connectivity index (χ3n) is 5.63. The van der Waals surface area contributed by atoms with Crippen molar-refractivity contribution in [2.24, 2.45) is 0 Å². The van der Waals surface area contributed by atoms with Crippen molar-refractivity contribution < 1.29 is 28.2 Å². The van der Waals surface area contributed by atoms with Crippen molar-refractivity contribution in [2.75, 3.05) is 0 Å². The van der Waals surface area contributed by atoms with Crippen LogP contribution in [0.3, 0.4) is 0 Å². The van der Waals surface area contributed by atoms with Crippen LogP contribution in [0.15, 0.2) is 12.2 Å². The molecule has 1 saturated heterocycles. The van der Waals surface area contributed by atoms with E-state index in [9.17, 15) is 9.59 Å². The highest BCUT2D eigenvalue weighted by molar-refractivity contribution is 6.74. The zero-order valence-corrected chi connectivity index (χ0v) is 21.3. The molecule has 1 aliphatic heterocycles. The van der Waals surface area contributed by atoms with Crippen molar-refractivity contribution >= 4 is 20.8 Å². The van der Waals surface area contributed by atoms with Crippen LogP contribution < -0.4 is 0 Å². The second kappa shape index (κ2) is 10.9. The fraction of sp³-hybridized carbons (Fsp3) is 0.826. The molecule has 0 aliphatic carbocycles. The molecule has 1 rings (SSSR count). The van der Waals surface area contributed by atoms with Gasteiger partial charge in [0, 0.05) is 19.3 Å². The Kier molecular flexibility index (Phi) is 9.77. The summed E-state index contributed by atoms with van der Waals surface area (Å²) in [4.78, 5) is 23.6. The van der Waals surface area contributed by atoms with Gasteiger partial charge >= 0.3 is 6.16 Å². The van der Waals surface area contributed by atoms with Gasteiger partial charge in [0.1, 0.15) is 18.0 Å². The van der Waals surface area contributed by atoms with E-state index in [1.807, 2.05) is 12.2 Å². The molecule has 1 aliphatic rings. The van der Waals surface area contributed by atoms with E-state index < -0.39 is 26.2 Å². The van der Waals surface area contributed by atoms with Crippen molar-refractivity contribution in [2.45, 2.75) is 122 Å². The first-order chi connectivity index (χ1) is 13.7. The number of allylic oxidation sites excluding steroid dienone is 1. The molecule has 7 heteroatoms. The van der Waals surface area contributed by atoms with Gasteiger partial charge in [0.05, 0.1) is 18.3 Å². The molecule has 4 atom stereocenters. The molecule has 0 aromatic rings. The van der Waals surface area contributed by atoms with Crippen LogP contribution in [-0.4, -0.2) is 50.8 Å². The Morgan fingerprint density at radius 1 is 1.17 bits per heavy atom. The summed E-state index contributed by atoms with van der Waals surface area (Å²) in [7, 11) is -2.04. The molecule has 0 saturated carbocycles. The maximum Gasteiger partial charge on any atom is 0.509 e. The molecule has 1 fully saturated rings. The summed E-state index contributed by atoms with van der Waals surface area (Å²) < 4.78 is 23.8. The van der Waals surface area contributed by atoms with Gasteiger partial charge in [0.15, 0.2) is 8.32 Å². The number of hydrogen-bond acceptors (Lipinski definition) is 6. The Morgan fingerprint density at radius 2 is 1.80 bits per heavy atom. The van der Waals surface area contributed by atoms with Crippen molar-refractivity contribution in [3.63, 3.8) is 0 Å². The van der Waals surface area contributed by atoms with Crippen LogP contribution in [-0.2, 0) is 23.4 Å². The molecule has 0 unspecified atom stereocenters. The fourth-order valence-corrected chi connectivity index (χ4v) is 4.40. The molecule has 174 valence electrons. The SMILES string of the molecule is CC/C=C/C[C@@H](OC(=O)OC(C)(C)C)[C@H]1C[C@H](O[Si](C)(C)C(C)(C)C)[C@H](CC=O)O1. The lowest BCUT2D eigenvalue weighted by Gasteiger charge is -2.39. The Bertz CT molecular complexity index is 587. The third kappa shape index (κ3) is 8.51. The van der Waals surface area contributed by atoms with Gasteiger partial charge in [0.25, 0.3) is 0 Å². The molecule has 0 spiro atoms.